The lowest BCUT2D eigenvalue weighted by atomic mass is 10.0. The van der Waals surface area contributed by atoms with Crippen LogP contribution in [0.25, 0.3) is 0 Å². The Morgan fingerprint density at radius 3 is 2.68 bits per heavy atom. The topological polar surface area (TPSA) is 89.3 Å². The number of nitro benzene ring substituents is 1. The third-order valence-electron chi connectivity index (χ3n) is 3.11. The van der Waals surface area contributed by atoms with Gasteiger partial charge in [0.2, 0.25) is 0 Å². The molecule has 104 valence electrons. The summed E-state index contributed by atoms with van der Waals surface area (Å²) in [4.78, 5) is 10.4. The van der Waals surface area contributed by atoms with Crippen LogP contribution < -0.4 is 5.32 Å². The second-order valence-corrected chi connectivity index (χ2v) is 7.51. The molecule has 6 nitrogen and oxygen atoms in total. The van der Waals surface area contributed by atoms with E-state index >= 15 is 0 Å². The fourth-order valence-corrected chi connectivity index (χ4v) is 4.57. The predicted molar refractivity (Wildman–Crippen MR) is 73.4 cm³/mol. The molecular formula is C11H13ClN2O4S. The van der Waals surface area contributed by atoms with Crippen molar-refractivity contribution in [3.8, 4) is 0 Å². The van der Waals surface area contributed by atoms with Crippen molar-refractivity contribution in [1.29, 1.82) is 0 Å². The van der Waals surface area contributed by atoms with Crippen LogP contribution >= 0.6 is 11.6 Å². The molecule has 1 fully saturated rings. The molecule has 0 saturated carbocycles. The minimum atomic E-state index is -3.08. The number of halogens is 1. The quantitative estimate of drug-likeness (QED) is 0.683. The molecule has 0 bridgehead atoms. The highest BCUT2D eigenvalue weighted by molar-refractivity contribution is 7.91. The zero-order valence-corrected chi connectivity index (χ0v) is 11.8. The van der Waals surface area contributed by atoms with Crippen molar-refractivity contribution in [3.63, 3.8) is 0 Å². The molecule has 1 aliphatic rings. The van der Waals surface area contributed by atoms with Crippen LogP contribution in [0.2, 0.25) is 5.02 Å². The minimum Gasteiger partial charge on any atom is -0.373 e. The van der Waals surface area contributed by atoms with Gasteiger partial charge in [0.05, 0.1) is 16.4 Å². The molecule has 0 spiro atoms. The van der Waals surface area contributed by atoms with Gasteiger partial charge in [0.15, 0.2) is 9.84 Å². The van der Waals surface area contributed by atoms with E-state index in [9.17, 15) is 18.5 Å². The summed E-state index contributed by atoms with van der Waals surface area (Å²) in [5.41, 5.74) is -0.680. The molecule has 8 heteroatoms. The SMILES string of the molecule is CC1(Nc2cccc(Cl)c2[N+](=O)[O-])CCS(=O)(=O)C1. The molecule has 1 aromatic rings. The molecule has 1 atom stereocenters. The number of para-hydroxylation sites is 1. The van der Waals surface area contributed by atoms with Gasteiger partial charge in [-0.1, -0.05) is 17.7 Å². The van der Waals surface area contributed by atoms with Crippen molar-refractivity contribution in [3.05, 3.63) is 33.3 Å². The van der Waals surface area contributed by atoms with E-state index in [2.05, 4.69) is 5.32 Å². The molecule has 1 aromatic carbocycles. The molecule has 1 unspecified atom stereocenters. The van der Waals surface area contributed by atoms with Crippen molar-refractivity contribution in [2.24, 2.45) is 0 Å². The van der Waals surface area contributed by atoms with Crippen molar-refractivity contribution in [1.82, 2.24) is 0 Å². The molecule has 0 aromatic heterocycles. The fourth-order valence-electron chi connectivity index (χ4n) is 2.24. The maximum absolute atomic E-state index is 11.5. The van der Waals surface area contributed by atoms with Gasteiger partial charge in [-0.2, -0.15) is 0 Å². The van der Waals surface area contributed by atoms with Crippen LogP contribution in [0, 0.1) is 10.1 Å². The van der Waals surface area contributed by atoms with E-state index in [-0.39, 0.29) is 27.9 Å². The Kier molecular flexibility index (Phi) is 3.44. The second kappa shape index (κ2) is 4.64. The number of nitrogens with zero attached hydrogens (tertiary/aromatic N) is 1. The Morgan fingerprint density at radius 1 is 1.47 bits per heavy atom. The third kappa shape index (κ3) is 2.98. The summed E-state index contributed by atoms with van der Waals surface area (Å²) in [6, 6.07) is 4.54. The van der Waals surface area contributed by atoms with Gasteiger partial charge in [-0.05, 0) is 25.5 Å². The van der Waals surface area contributed by atoms with Gasteiger partial charge >= 0.3 is 5.69 Å². The monoisotopic (exact) mass is 304 g/mol. The first-order chi connectivity index (χ1) is 8.72. The van der Waals surface area contributed by atoms with E-state index in [4.69, 9.17) is 11.6 Å². The fraction of sp³-hybridized carbons (Fsp3) is 0.455. The summed E-state index contributed by atoms with van der Waals surface area (Å²) in [6.07, 6.45) is 0.416. The number of nitrogens with one attached hydrogen (secondary N) is 1. The number of hydrogen-bond donors (Lipinski definition) is 1. The molecule has 0 aliphatic carbocycles. The largest absolute Gasteiger partial charge is 0.373 e. The van der Waals surface area contributed by atoms with Crippen LogP contribution in [0.3, 0.4) is 0 Å². The Labute approximate surface area is 115 Å². The van der Waals surface area contributed by atoms with E-state index in [1.165, 1.54) is 12.1 Å². The first-order valence-corrected chi connectivity index (χ1v) is 7.84. The highest BCUT2D eigenvalue weighted by Gasteiger charge is 2.39. The molecule has 1 saturated heterocycles. The van der Waals surface area contributed by atoms with Crippen LogP contribution in [0.5, 0.6) is 0 Å². The first-order valence-electron chi connectivity index (χ1n) is 5.64. The van der Waals surface area contributed by atoms with Crippen molar-refractivity contribution < 1.29 is 13.3 Å². The van der Waals surface area contributed by atoms with Crippen LogP contribution in [0.4, 0.5) is 11.4 Å². The Hall–Kier alpha value is -1.34. The summed E-state index contributed by atoms with van der Waals surface area (Å²) in [5.74, 6) is 0.0501. The highest BCUT2D eigenvalue weighted by atomic mass is 35.5. The number of anilines is 1. The van der Waals surface area contributed by atoms with Gasteiger partial charge in [-0.25, -0.2) is 8.42 Å². The van der Waals surface area contributed by atoms with Gasteiger partial charge in [0, 0.05) is 5.54 Å². The van der Waals surface area contributed by atoms with Gasteiger partial charge < -0.3 is 5.32 Å². The van der Waals surface area contributed by atoms with Crippen LogP contribution in [-0.4, -0.2) is 30.4 Å². The number of sulfone groups is 1. The zero-order valence-electron chi connectivity index (χ0n) is 10.2. The Balaban J connectivity index is 2.35. The Bertz CT molecular complexity index is 632. The summed E-state index contributed by atoms with van der Waals surface area (Å²) in [6.45, 7) is 1.74. The van der Waals surface area contributed by atoms with E-state index in [0.29, 0.717) is 6.42 Å². The molecule has 2 rings (SSSR count). The van der Waals surface area contributed by atoms with E-state index < -0.39 is 20.3 Å². The zero-order chi connectivity index (χ0) is 14.3. The molecular weight excluding hydrogens is 292 g/mol. The molecule has 1 N–H and O–H groups in total. The number of hydrogen-bond acceptors (Lipinski definition) is 5. The molecule has 1 aliphatic heterocycles. The van der Waals surface area contributed by atoms with Gasteiger partial charge in [0.25, 0.3) is 0 Å². The average molecular weight is 305 g/mol. The lowest BCUT2D eigenvalue weighted by molar-refractivity contribution is -0.383. The van der Waals surface area contributed by atoms with Crippen molar-refractivity contribution >= 4 is 32.8 Å². The molecule has 0 amide bonds. The molecule has 1 heterocycles. The summed E-state index contributed by atoms with van der Waals surface area (Å²) >= 11 is 5.81. The standard InChI is InChI=1S/C11H13ClN2O4S/c1-11(5-6-19(17,18)7-11)13-9-4-2-3-8(12)10(9)14(15)16/h2-4,13H,5-7H2,1H3. The first kappa shape index (κ1) is 14.1. The predicted octanol–water partition coefficient (Wildman–Crippen LogP) is 2.24. The van der Waals surface area contributed by atoms with Gasteiger partial charge in [-0.15, -0.1) is 0 Å². The van der Waals surface area contributed by atoms with Crippen LogP contribution in [0.15, 0.2) is 18.2 Å². The maximum Gasteiger partial charge on any atom is 0.310 e. The third-order valence-corrected chi connectivity index (χ3v) is 5.32. The van der Waals surface area contributed by atoms with Crippen molar-refractivity contribution in [2.75, 3.05) is 16.8 Å². The number of benzene rings is 1. The molecule has 19 heavy (non-hydrogen) atoms. The Morgan fingerprint density at radius 2 is 2.16 bits per heavy atom. The highest BCUT2D eigenvalue weighted by Crippen LogP contribution is 2.36. The maximum atomic E-state index is 11.5. The van der Waals surface area contributed by atoms with Gasteiger partial charge in [-0.3, -0.25) is 10.1 Å². The number of rotatable bonds is 3. The van der Waals surface area contributed by atoms with Crippen LogP contribution in [-0.2, 0) is 9.84 Å². The van der Waals surface area contributed by atoms with E-state index in [1.807, 2.05) is 0 Å². The van der Waals surface area contributed by atoms with E-state index in [1.54, 1.807) is 13.0 Å². The summed E-state index contributed by atoms with van der Waals surface area (Å²) < 4.78 is 23.0. The normalized spacial score (nSPS) is 25.2. The summed E-state index contributed by atoms with van der Waals surface area (Å²) in [7, 11) is -3.08. The summed E-state index contributed by atoms with van der Waals surface area (Å²) in [5, 5.41) is 14.0. The minimum absolute atomic E-state index is 0.0273. The lowest BCUT2D eigenvalue weighted by Gasteiger charge is -2.25. The van der Waals surface area contributed by atoms with Crippen LogP contribution in [0.1, 0.15) is 13.3 Å². The number of nitro groups is 1. The second-order valence-electron chi connectivity index (χ2n) is 4.92. The smallest absolute Gasteiger partial charge is 0.310 e. The average Bonchev–Trinajstić information content (AvgIpc) is 2.52. The lowest BCUT2D eigenvalue weighted by Crippen LogP contribution is -2.36. The van der Waals surface area contributed by atoms with E-state index in [0.717, 1.165) is 0 Å². The molecule has 0 radical (unpaired) electrons. The van der Waals surface area contributed by atoms with Gasteiger partial charge in [0.1, 0.15) is 10.7 Å². The van der Waals surface area contributed by atoms with Crippen molar-refractivity contribution in [2.45, 2.75) is 18.9 Å².